The lowest BCUT2D eigenvalue weighted by molar-refractivity contribution is -0.130. The second kappa shape index (κ2) is 10.4. The van der Waals surface area contributed by atoms with E-state index in [-0.39, 0.29) is 17.8 Å². The van der Waals surface area contributed by atoms with Gasteiger partial charge in [0.05, 0.1) is 6.54 Å². The molecule has 3 N–H and O–H groups in total. The van der Waals surface area contributed by atoms with Crippen molar-refractivity contribution in [1.82, 2.24) is 4.90 Å². The van der Waals surface area contributed by atoms with E-state index in [0.717, 1.165) is 28.8 Å². The molecule has 5 rings (SSSR count). The van der Waals surface area contributed by atoms with E-state index in [1.807, 2.05) is 84.9 Å². The Labute approximate surface area is 212 Å². The van der Waals surface area contributed by atoms with Crippen molar-refractivity contribution in [2.75, 3.05) is 5.32 Å². The molecule has 184 valence electrons. The Morgan fingerprint density at radius 2 is 1.50 bits per heavy atom. The van der Waals surface area contributed by atoms with Gasteiger partial charge in [-0.25, -0.2) is 4.99 Å². The van der Waals surface area contributed by atoms with Gasteiger partial charge in [-0.3, -0.25) is 14.5 Å². The van der Waals surface area contributed by atoms with E-state index in [0.29, 0.717) is 18.9 Å². The molecule has 2 amide bonds. The van der Waals surface area contributed by atoms with Gasteiger partial charge in [0, 0.05) is 12.1 Å². The first-order valence-electron chi connectivity index (χ1n) is 12.7. The number of carbonyl (C=O) groups excluding carboxylic acids is 2. The highest BCUT2D eigenvalue weighted by Gasteiger charge is 2.50. The number of guanidine groups is 1. The molecule has 1 fully saturated rings. The molecule has 0 aromatic heterocycles. The number of nitrogens with two attached hydrogens (primary N) is 1. The van der Waals surface area contributed by atoms with Gasteiger partial charge in [0.2, 0.25) is 5.91 Å². The quantitative estimate of drug-likeness (QED) is 0.465. The van der Waals surface area contributed by atoms with Gasteiger partial charge in [-0.15, -0.1) is 0 Å². The third-order valence-corrected chi connectivity index (χ3v) is 7.33. The molecular formula is C30H32N4O2. The van der Waals surface area contributed by atoms with Crippen LogP contribution in [0, 0.1) is 5.92 Å². The van der Waals surface area contributed by atoms with E-state index in [9.17, 15) is 9.59 Å². The third-order valence-electron chi connectivity index (χ3n) is 7.33. The fourth-order valence-corrected chi connectivity index (χ4v) is 5.37. The molecule has 1 saturated carbocycles. The van der Waals surface area contributed by atoms with Gasteiger partial charge in [-0.1, -0.05) is 98.5 Å². The number of nitrogens with one attached hydrogen (secondary N) is 1. The van der Waals surface area contributed by atoms with E-state index in [2.05, 4.69) is 5.32 Å². The second-order valence-corrected chi connectivity index (χ2v) is 9.74. The van der Waals surface area contributed by atoms with Crippen LogP contribution in [0.3, 0.4) is 0 Å². The summed E-state index contributed by atoms with van der Waals surface area (Å²) in [5, 5.41) is 2.99. The van der Waals surface area contributed by atoms with Crippen LogP contribution in [-0.2, 0) is 21.7 Å². The first kappa shape index (κ1) is 23.8. The Morgan fingerprint density at radius 3 is 2.08 bits per heavy atom. The average molecular weight is 481 g/mol. The van der Waals surface area contributed by atoms with Crippen LogP contribution in [0.4, 0.5) is 5.69 Å². The summed E-state index contributed by atoms with van der Waals surface area (Å²) in [6.07, 6.45) is 6.60. The summed E-state index contributed by atoms with van der Waals surface area (Å²) in [5.41, 5.74) is 8.36. The monoisotopic (exact) mass is 480 g/mol. The Morgan fingerprint density at radius 1 is 0.917 bits per heavy atom. The molecular weight excluding hydrogens is 448 g/mol. The van der Waals surface area contributed by atoms with Crippen LogP contribution in [0.25, 0.3) is 0 Å². The van der Waals surface area contributed by atoms with Crippen molar-refractivity contribution in [1.29, 1.82) is 0 Å². The van der Waals surface area contributed by atoms with Crippen LogP contribution in [0.15, 0.2) is 89.9 Å². The largest absolute Gasteiger partial charge is 0.369 e. The number of hydrogen-bond acceptors (Lipinski definition) is 4. The van der Waals surface area contributed by atoms with Gasteiger partial charge in [0.25, 0.3) is 5.91 Å². The maximum Gasteiger partial charge on any atom is 0.266 e. The van der Waals surface area contributed by atoms with E-state index >= 15 is 0 Å². The van der Waals surface area contributed by atoms with Gasteiger partial charge in [0.1, 0.15) is 0 Å². The average Bonchev–Trinajstić information content (AvgIpc) is 3.52. The topological polar surface area (TPSA) is 87.8 Å². The van der Waals surface area contributed by atoms with Crippen molar-refractivity contribution >= 4 is 23.5 Å². The molecule has 6 heteroatoms. The number of amides is 2. The molecule has 1 heterocycles. The van der Waals surface area contributed by atoms with E-state index in [1.54, 1.807) is 0 Å². The predicted molar refractivity (Wildman–Crippen MR) is 142 cm³/mol. The SMILES string of the molecule is NC1=NC(c2ccccc2)(c2ccccc2)C(=O)N1Cc1ccc(NC(=O)CCC2CCCC2)cc1. The lowest BCUT2D eigenvalue weighted by atomic mass is 9.83. The Kier molecular flexibility index (Phi) is 6.85. The summed E-state index contributed by atoms with van der Waals surface area (Å²) in [7, 11) is 0. The first-order chi connectivity index (χ1) is 17.6. The standard InChI is InChI=1S/C30H32N4O2/c31-29-33-30(24-11-3-1-4-12-24,25-13-5-2-6-14-25)28(36)34(29)21-23-15-18-26(19-16-23)32-27(35)20-17-22-9-7-8-10-22/h1-6,11-16,18-19,22H,7-10,17,20-21H2,(H2,31,33)(H,32,35). The molecule has 0 bridgehead atoms. The van der Waals surface area contributed by atoms with E-state index < -0.39 is 5.54 Å². The molecule has 36 heavy (non-hydrogen) atoms. The van der Waals surface area contributed by atoms with Crippen molar-refractivity contribution < 1.29 is 9.59 Å². The molecule has 3 aromatic carbocycles. The van der Waals surface area contributed by atoms with Crippen molar-refractivity contribution in [3.63, 3.8) is 0 Å². The third kappa shape index (κ3) is 4.76. The first-order valence-corrected chi connectivity index (χ1v) is 12.7. The minimum absolute atomic E-state index is 0.0521. The number of benzene rings is 3. The second-order valence-electron chi connectivity index (χ2n) is 9.74. The van der Waals surface area contributed by atoms with Crippen molar-refractivity contribution in [3.05, 3.63) is 102 Å². The molecule has 0 spiro atoms. The van der Waals surface area contributed by atoms with E-state index in [1.165, 1.54) is 30.6 Å². The van der Waals surface area contributed by atoms with Crippen molar-refractivity contribution in [2.45, 2.75) is 50.6 Å². The van der Waals surface area contributed by atoms with Crippen LogP contribution in [-0.4, -0.2) is 22.7 Å². The number of nitrogens with zero attached hydrogens (tertiary/aromatic N) is 2. The summed E-state index contributed by atoms with van der Waals surface area (Å²) < 4.78 is 0. The molecule has 0 radical (unpaired) electrons. The highest BCUT2D eigenvalue weighted by atomic mass is 16.2. The van der Waals surface area contributed by atoms with Crippen LogP contribution >= 0.6 is 0 Å². The molecule has 0 atom stereocenters. The Bertz CT molecular complexity index is 1190. The van der Waals surface area contributed by atoms with Crippen LogP contribution in [0.1, 0.15) is 55.2 Å². The van der Waals surface area contributed by atoms with Crippen molar-refractivity contribution in [2.24, 2.45) is 16.6 Å². The summed E-state index contributed by atoms with van der Waals surface area (Å²) >= 11 is 0. The zero-order valence-corrected chi connectivity index (χ0v) is 20.4. The smallest absolute Gasteiger partial charge is 0.266 e. The number of aliphatic imine (C=N–C) groups is 1. The minimum atomic E-state index is -1.21. The van der Waals surface area contributed by atoms with E-state index in [4.69, 9.17) is 10.7 Å². The van der Waals surface area contributed by atoms with Crippen LogP contribution in [0.5, 0.6) is 0 Å². The molecule has 2 aliphatic rings. The summed E-state index contributed by atoms with van der Waals surface area (Å²) in [5.74, 6) is 0.761. The maximum absolute atomic E-state index is 13.9. The molecule has 1 aliphatic heterocycles. The zero-order chi connectivity index (χ0) is 25.0. The van der Waals surface area contributed by atoms with Crippen molar-refractivity contribution in [3.8, 4) is 0 Å². The molecule has 0 saturated heterocycles. The van der Waals surface area contributed by atoms with Gasteiger partial charge in [-0.2, -0.15) is 0 Å². The summed E-state index contributed by atoms with van der Waals surface area (Å²) in [4.78, 5) is 32.6. The molecule has 1 aliphatic carbocycles. The lowest BCUT2D eigenvalue weighted by Crippen LogP contribution is -2.43. The number of anilines is 1. The van der Waals surface area contributed by atoms with Crippen LogP contribution in [0.2, 0.25) is 0 Å². The number of hydrogen-bond donors (Lipinski definition) is 2. The molecule has 6 nitrogen and oxygen atoms in total. The Balaban J connectivity index is 1.29. The fraction of sp³-hybridized carbons (Fsp3) is 0.300. The van der Waals surface area contributed by atoms with Gasteiger partial charge in [0.15, 0.2) is 11.5 Å². The molecule has 0 unspecified atom stereocenters. The fourth-order valence-electron chi connectivity index (χ4n) is 5.37. The summed E-state index contributed by atoms with van der Waals surface area (Å²) in [6.45, 7) is 0.297. The van der Waals surface area contributed by atoms with Gasteiger partial charge >= 0.3 is 0 Å². The maximum atomic E-state index is 13.9. The number of rotatable bonds is 8. The number of carbonyl (C=O) groups is 2. The molecule has 3 aromatic rings. The minimum Gasteiger partial charge on any atom is -0.369 e. The zero-order valence-electron chi connectivity index (χ0n) is 20.4. The van der Waals surface area contributed by atoms with Gasteiger partial charge < -0.3 is 11.1 Å². The highest BCUT2D eigenvalue weighted by molar-refractivity contribution is 6.09. The van der Waals surface area contributed by atoms with Crippen LogP contribution < -0.4 is 11.1 Å². The summed E-state index contributed by atoms with van der Waals surface area (Å²) in [6, 6.07) is 26.7. The predicted octanol–water partition coefficient (Wildman–Crippen LogP) is 5.20. The highest BCUT2D eigenvalue weighted by Crippen LogP contribution is 2.40. The lowest BCUT2D eigenvalue weighted by Gasteiger charge is -2.27. The normalized spacial score (nSPS) is 17.3. The Hall–Kier alpha value is -3.93. The van der Waals surface area contributed by atoms with Gasteiger partial charge in [-0.05, 0) is 41.2 Å².